The van der Waals surface area contributed by atoms with Crippen LogP contribution >= 0.6 is 11.6 Å². The topological polar surface area (TPSA) is 59.5 Å². The normalized spacial score (nSPS) is 11.6. The molecular weight excluding hydrogens is 304 g/mol. The largest absolute Gasteiger partial charge is 0.444 e. The van der Waals surface area contributed by atoms with Crippen LogP contribution in [0.2, 0.25) is 5.15 Å². The predicted molar refractivity (Wildman–Crippen MR) is 82.5 cm³/mol. The van der Waals surface area contributed by atoms with E-state index in [-0.39, 0.29) is 16.6 Å². The highest BCUT2D eigenvalue weighted by Crippen LogP contribution is 2.22. The van der Waals surface area contributed by atoms with Crippen LogP contribution in [0.5, 0.6) is 0 Å². The minimum absolute atomic E-state index is 0.0385. The fraction of sp³-hybridized carbons (Fsp3) is 0.188. The lowest BCUT2D eigenvalue weighted by Gasteiger charge is -2.21. The third-order valence-corrected chi connectivity index (χ3v) is 3.27. The monoisotopic (exact) mass is 318 g/mol. The van der Waals surface area contributed by atoms with E-state index in [0.717, 1.165) is 0 Å². The number of hydrogen-bond donors (Lipinski definition) is 0. The number of ether oxygens (including phenoxy) is 1. The van der Waals surface area contributed by atoms with Crippen LogP contribution in [0.1, 0.15) is 22.0 Å². The van der Waals surface area contributed by atoms with E-state index >= 15 is 0 Å². The molecule has 6 heteroatoms. The van der Waals surface area contributed by atoms with Crippen LogP contribution < -0.4 is 0 Å². The van der Waals surface area contributed by atoms with Gasteiger partial charge in [0.1, 0.15) is 5.15 Å². The molecule has 0 aliphatic heterocycles. The number of rotatable bonds is 4. The number of esters is 1. The van der Waals surface area contributed by atoms with Gasteiger partial charge >= 0.3 is 5.97 Å². The molecule has 2 rings (SSSR count). The number of hydrogen-bond acceptors (Lipinski definition) is 4. The van der Waals surface area contributed by atoms with Crippen LogP contribution in [0.15, 0.2) is 48.7 Å². The fourth-order valence-corrected chi connectivity index (χ4v) is 2.03. The van der Waals surface area contributed by atoms with Crippen molar-refractivity contribution in [2.75, 3.05) is 14.1 Å². The number of carbonyl (C=O) groups is 2. The lowest BCUT2D eigenvalue weighted by molar-refractivity contribution is -0.138. The van der Waals surface area contributed by atoms with Crippen molar-refractivity contribution in [1.29, 1.82) is 0 Å². The summed E-state index contributed by atoms with van der Waals surface area (Å²) >= 11 is 5.88. The Morgan fingerprint density at radius 1 is 1.14 bits per heavy atom. The van der Waals surface area contributed by atoms with Gasteiger partial charge in [-0.05, 0) is 12.1 Å². The van der Waals surface area contributed by atoms with E-state index in [1.54, 1.807) is 44.4 Å². The van der Waals surface area contributed by atoms with Crippen molar-refractivity contribution in [3.05, 3.63) is 64.9 Å². The molecule has 0 aliphatic rings. The summed E-state index contributed by atoms with van der Waals surface area (Å²) in [7, 11) is 3.20. The molecule has 0 spiro atoms. The van der Waals surface area contributed by atoms with E-state index in [2.05, 4.69) is 4.98 Å². The standard InChI is InChI=1S/C16H15ClN2O3/c1-19(2)15(20)13(11-7-4-3-5-8-11)22-16(21)12-9-6-10-18-14(12)17/h3-10,13H,1-2H3/t13-/m1/s1. The molecule has 0 N–H and O–H groups in total. The van der Waals surface area contributed by atoms with E-state index in [0.29, 0.717) is 5.56 Å². The van der Waals surface area contributed by atoms with Gasteiger partial charge in [-0.2, -0.15) is 0 Å². The van der Waals surface area contributed by atoms with Crippen LogP contribution in [0.25, 0.3) is 0 Å². The number of pyridine rings is 1. The molecule has 1 heterocycles. The van der Waals surface area contributed by atoms with Crippen molar-refractivity contribution >= 4 is 23.5 Å². The molecule has 0 radical (unpaired) electrons. The molecular formula is C16H15ClN2O3. The zero-order chi connectivity index (χ0) is 16.1. The molecule has 0 unspecified atom stereocenters. The number of halogens is 1. The van der Waals surface area contributed by atoms with Gasteiger partial charge in [0.15, 0.2) is 0 Å². The highest BCUT2D eigenvalue weighted by Gasteiger charge is 2.27. The van der Waals surface area contributed by atoms with Crippen molar-refractivity contribution < 1.29 is 14.3 Å². The molecule has 0 fully saturated rings. The molecule has 22 heavy (non-hydrogen) atoms. The van der Waals surface area contributed by atoms with E-state index in [1.165, 1.54) is 17.2 Å². The summed E-state index contributed by atoms with van der Waals surface area (Å²) in [5.41, 5.74) is 0.714. The molecule has 1 aromatic heterocycles. The summed E-state index contributed by atoms with van der Waals surface area (Å²) in [6.07, 6.45) is 0.443. The molecule has 114 valence electrons. The fourth-order valence-electron chi connectivity index (χ4n) is 1.83. The molecule has 0 aliphatic carbocycles. The van der Waals surface area contributed by atoms with Gasteiger partial charge in [-0.15, -0.1) is 0 Å². The summed E-state index contributed by atoms with van der Waals surface area (Å²) in [4.78, 5) is 29.8. The quantitative estimate of drug-likeness (QED) is 0.642. The molecule has 0 saturated carbocycles. The van der Waals surface area contributed by atoms with Gasteiger partial charge in [0.2, 0.25) is 6.10 Å². The SMILES string of the molecule is CN(C)C(=O)[C@H](OC(=O)c1cccnc1Cl)c1ccccc1. The first-order valence-electron chi connectivity index (χ1n) is 6.58. The van der Waals surface area contributed by atoms with Gasteiger partial charge in [0.25, 0.3) is 5.91 Å². The van der Waals surface area contributed by atoms with Crippen molar-refractivity contribution in [2.45, 2.75) is 6.10 Å². The Kier molecular flexibility index (Phi) is 5.12. The first kappa shape index (κ1) is 16.0. The maximum Gasteiger partial charge on any atom is 0.342 e. The van der Waals surface area contributed by atoms with Crippen LogP contribution in [0.4, 0.5) is 0 Å². The third-order valence-electron chi connectivity index (χ3n) is 2.97. The highest BCUT2D eigenvalue weighted by atomic mass is 35.5. The zero-order valence-electron chi connectivity index (χ0n) is 12.2. The lowest BCUT2D eigenvalue weighted by atomic mass is 10.1. The minimum Gasteiger partial charge on any atom is -0.444 e. The highest BCUT2D eigenvalue weighted by molar-refractivity contribution is 6.32. The van der Waals surface area contributed by atoms with Crippen LogP contribution in [0, 0.1) is 0 Å². The van der Waals surface area contributed by atoms with Crippen LogP contribution in [-0.4, -0.2) is 35.9 Å². The Balaban J connectivity index is 2.29. The first-order valence-corrected chi connectivity index (χ1v) is 6.96. The van der Waals surface area contributed by atoms with Crippen molar-refractivity contribution in [1.82, 2.24) is 9.88 Å². The minimum atomic E-state index is -1.03. The number of amides is 1. The van der Waals surface area contributed by atoms with Crippen molar-refractivity contribution in [3.63, 3.8) is 0 Å². The number of nitrogens with zero attached hydrogens (tertiary/aromatic N) is 2. The number of aromatic nitrogens is 1. The maximum atomic E-state index is 12.3. The molecule has 1 atom stereocenters. The van der Waals surface area contributed by atoms with E-state index in [1.807, 2.05) is 6.07 Å². The molecule has 5 nitrogen and oxygen atoms in total. The number of likely N-dealkylation sites (N-methyl/N-ethyl adjacent to an activating group) is 1. The molecule has 0 bridgehead atoms. The summed E-state index contributed by atoms with van der Waals surface area (Å²) in [6, 6.07) is 11.9. The molecule has 0 saturated heterocycles. The van der Waals surface area contributed by atoms with Crippen LogP contribution in [-0.2, 0) is 9.53 Å². The Hall–Kier alpha value is -2.40. The van der Waals surface area contributed by atoms with Gasteiger partial charge in [0, 0.05) is 25.9 Å². The van der Waals surface area contributed by atoms with Gasteiger partial charge in [-0.25, -0.2) is 9.78 Å². The van der Waals surface area contributed by atoms with E-state index in [4.69, 9.17) is 16.3 Å². The summed E-state index contributed by atoms with van der Waals surface area (Å²) in [6.45, 7) is 0. The Morgan fingerprint density at radius 3 is 2.41 bits per heavy atom. The van der Waals surface area contributed by atoms with Gasteiger partial charge in [-0.3, -0.25) is 4.79 Å². The average Bonchev–Trinajstić information content (AvgIpc) is 2.53. The summed E-state index contributed by atoms with van der Waals surface area (Å²) in [5.74, 6) is -1.03. The van der Waals surface area contributed by atoms with Crippen LogP contribution in [0.3, 0.4) is 0 Å². The Bertz CT molecular complexity index is 674. The lowest BCUT2D eigenvalue weighted by Crippen LogP contribution is -2.31. The van der Waals surface area contributed by atoms with Crippen molar-refractivity contribution in [3.8, 4) is 0 Å². The molecule has 1 amide bonds. The van der Waals surface area contributed by atoms with Gasteiger partial charge in [0.05, 0.1) is 5.56 Å². The molecule has 2 aromatic rings. The van der Waals surface area contributed by atoms with E-state index in [9.17, 15) is 9.59 Å². The number of benzene rings is 1. The first-order chi connectivity index (χ1) is 10.5. The summed E-state index contributed by atoms with van der Waals surface area (Å²) < 4.78 is 5.37. The van der Waals surface area contributed by atoms with Gasteiger partial charge < -0.3 is 9.64 Å². The number of carbonyl (C=O) groups excluding carboxylic acids is 2. The second kappa shape index (κ2) is 7.04. The second-order valence-corrected chi connectivity index (χ2v) is 5.13. The van der Waals surface area contributed by atoms with E-state index < -0.39 is 12.1 Å². The maximum absolute atomic E-state index is 12.3. The predicted octanol–water partition coefficient (Wildman–Crippen LogP) is 2.72. The second-order valence-electron chi connectivity index (χ2n) is 4.77. The van der Waals surface area contributed by atoms with Gasteiger partial charge in [-0.1, -0.05) is 41.9 Å². The summed E-state index contributed by atoms with van der Waals surface area (Å²) in [5, 5.41) is 0.0385. The Labute approximate surface area is 133 Å². The molecule has 1 aromatic carbocycles. The average molecular weight is 319 g/mol. The van der Waals surface area contributed by atoms with Crippen molar-refractivity contribution in [2.24, 2.45) is 0 Å². The Morgan fingerprint density at radius 2 is 1.82 bits per heavy atom. The zero-order valence-corrected chi connectivity index (χ0v) is 12.9. The smallest absolute Gasteiger partial charge is 0.342 e. The third kappa shape index (κ3) is 3.62.